The zero-order valence-corrected chi connectivity index (χ0v) is 15.3. The van der Waals surface area contributed by atoms with E-state index >= 15 is 0 Å². The van der Waals surface area contributed by atoms with Gasteiger partial charge >= 0.3 is 0 Å². The first-order valence-electron chi connectivity index (χ1n) is 8.17. The van der Waals surface area contributed by atoms with Crippen LogP contribution in [0.4, 0.5) is 5.00 Å². The number of rotatable bonds is 4. The monoisotopic (exact) mass is 352 g/mol. The highest BCUT2D eigenvalue weighted by molar-refractivity contribution is 7.17. The van der Waals surface area contributed by atoms with Crippen molar-refractivity contribution in [3.63, 3.8) is 0 Å². The third-order valence-electron chi connectivity index (χ3n) is 4.51. The van der Waals surface area contributed by atoms with E-state index in [4.69, 9.17) is 10.5 Å². The Labute approximate surface area is 145 Å². The normalized spacial score (nSPS) is 22.5. The molecule has 3 rings (SSSR count). The second kappa shape index (κ2) is 5.54. The van der Waals surface area contributed by atoms with Crippen LogP contribution in [0.1, 0.15) is 61.3 Å². The Balaban J connectivity index is 2.00. The Kier molecular flexibility index (Phi) is 4.01. The predicted octanol–water partition coefficient (Wildman–Crippen LogP) is 2.14. The van der Waals surface area contributed by atoms with Gasteiger partial charge in [-0.25, -0.2) is 0 Å². The largest absolute Gasteiger partial charge is 0.383 e. The minimum absolute atomic E-state index is 0.0234. The van der Waals surface area contributed by atoms with Crippen molar-refractivity contribution in [3.05, 3.63) is 16.0 Å². The molecule has 0 radical (unpaired) electrons. The number of ether oxygens (including phenoxy) is 1. The average Bonchev–Trinajstić information content (AvgIpc) is 3.18. The first kappa shape index (κ1) is 17.4. The van der Waals surface area contributed by atoms with Crippen molar-refractivity contribution in [2.75, 3.05) is 5.32 Å². The molecule has 4 N–H and O–H groups in total. The van der Waals surface area contributed by atoms with Gasteiger partial charge in [0.25, 0.3) is 11.8 Å². The lowest BCUT2D eigenvalue weighted by Crippen LogP contribution is -2.42. The molecule has 1 aromatic heterocycles. The van der Waals surface area contributed by atoms with Gasteiger partial charge in [0.1, 0.15) is 11.1 Å². The van der Waals surface area contributed by atoms with E-state index in [2.05, 4.69) is 5.32 Å². The van der Waals surface area contributed by atoms with Crippen molar-refractivity contribution in [2.24, 2.45) is 11.7 Å². The molecule has 1 fully saturated rings. The number of aliphatic hydroxyl groups is 1. The van der Waals surface area contributed by atoms with Gasteiger partial charge in [-0.15, -0.1) is 11.3 Å². The molecule has 1 saturated carbocycles. The molecular weight excluding hydrogens is 328 g/mol. The fraction of sp³-hybridized carbons (Fsp3) is 0.647. The number of nitrogens with one attached hydrogen (secondary N) is 1. The summed E-state index contributed by atoms with van der Waals surface area (Å²) in [5.41, 5.74) is 5.77. The number of fused-ring (bicyclic) bond motifs is 1. The van der Waals surface area contributed by atoms with Crippen LogP contribution in [-0.4, -0.2) is 28.6 Å². The van der Waals surface area contributed by atoms with E-state index < -0.39 is 29.1 Å². The Morgan fingerprint density at radius 1 is 1.33 bits per heavy atom. The number of carbonyl (C=O) groups is 2. The van der Waals surface area contributed by atoms with E-state index in [1.165, 1.54) is 11.3 Å². The number of hydrogen-bond acceptors (Lipinski definition) is 5. The topological polar surface area (TPSA) is 102 Å². The molecule has 1 atom stereocenters. The number of thiophene rings is 1. The van der Waals surface area contributed by atoms with Crippen LogP contribution in [0.2, 0.25) is 0 Å². The van der Waals surface area contributed by atoms with Gasteiger partial charge in [-0.05, 0) is 52.0 Å². The van der Waals surface area contributed by atoms with Crippen molar-refractivity contribution < 1.29 is 19.4 Å². The molecule has 0 bridgehead atoms. The maximum absolute atomic E-state index is 12.2. The average molecular weight is 352 g/mol. The summed E-state index contributed by atoms with van der Waals surface area (Å²) >= 11 is 1.31. The van der Waals surface area contributed by atoms with Crippen LogP contribution >= 0.6 is 11.3 Å². The molecule has 2 amide bonds. The highest BCUT2D eigenvalue weighted by atomic mass is 32.1. The summed E-state index contributed by atoms with van der Waals surface area (Å²) in [7, 11) is 0. The van der Waals surface area contributed by atoms with Crippen LogP contribution in [0.25, 0.3) is 0 Å². The first-order valence-corrected chi connectivity index (χ1v) is 8.98. The van der Waals surface area contributed by atoms with Gasteiger partial charge in [-0.3, -0.25) is 9.59 Å². The second-order valence-corrected chi connectivity index (χ2v) is 8.82. The van der Waals surface area contributed by atoms with Crippen LogP contribution in [0.5, 0.6) is 0 Å². The molecule has 2 heterocycles. The minimum atomic E-state index is -1.04. The molecule has 1 aromatic rings. The van der Waals surface area contributed by atoms with Crippen molar-refractivity contribution in [1.29, 1.82) is 0 Å². The van der Waals surface area contributed by atoms with Crippen LogP contribution in [0, 0.1) is 5.92 Å². The summed E-state index contributed by atoms with van der Waals surface area (Å²) in [6.07, 6.45) is 1.22. The van der Waals surface area contributed by atoms with Crippen molar-refractivity contribution in [3.8, 4) is 0 Å². The number of aliphatic hydroxyl groups excluding tert-OH is 1. The lowest BCUT2D eigenvalue weighted by molar-refractivity contribution is -0.135. The van der Waals surface area contributed by atoms with Gasteiger partial charge in [0.2, 0.25) is 0 Å². The maximum Gasteiger partial charge on any atom is 0.254 e. The summed E-state index contributed by atoms with van der Waals surface area (Å²) in [6, 6.07) is 0. The number of carbonyl (C=O) groups excluding carboxylic acids is 2. The number of primary amides is 1. The molecule has 24 heavy (non-hydrogen) atoms. The summed E-state index contributed by atoms with van der Waals surface area (Å²) < 4.78 is 6.13. The number of anilines is 1. The van der Waals surface area contributed by atoms with Crippen molar-refractivity contribution >= 4 is 28.2 Å². The lowest BCUT2D eigenvalue weighted by atomic mass is 9.86. The molecule has 1 unspecified atom stereocenters. The van der Waals surface area contributed by atoms with E-state index in [0.717, 1.165) is 23.3 Å². The van der Waals surface area contributed by atoms with E-state index in [-0.39, 0.29) is 5.92 Å². The minimum Gasteiger partial charge on any atom is -0.383 e. The SMILES string of the molecule is CC1(C)Cc2c(sc(NC(=O)C(O)C3CC3)c2C(N)=O)C(C)(C)O1. The van der Waals surface area contributed by atoms with Gasteiger partial charge in [0.05, 0.1) is 16.8 Å². The van der Waals surface area contributed by atoms with Crippen LogP contribution in [0.3, 0.4) is 0 Å². The van der Waals surface area contributed by atoms with Crippen LogP contribution < -0.4 is 11.1 Å². The Morgan fingerprint density at radius 2 is 1.96 bits per heavy atom. The fourth-order valence-electron chi connectivity index (χ4n) is 3.48. The summed E-state index contributed by atoms with van der Waals surface area (Å²) in [4.78, 5) is 25.2. The molecule has 0 spiro atoms. The summed E-state index contributed by atoms with van der Waals surface area (Å²) in [5, 5.41) is 13.1. The zero-order valence-electron chi connectivity index (χ0n) is 14.4. The van der Waals surface area contributed by atoms with Gasteiger partial charge in [-0.1, -0.05) is 0 Å². The van der Waals surface area contributed by atoms with Gasteiger partial charge < -0.3 is 20.9 Å². The summed E-state index contributed by atoms with van der Waals surface area (Å²) in [6.45, 7) is 7.82. The molecule has 1 aliphatic carbocycles. The number of hydrogen-bond donors (Lipinski definition) is 3. The molecule has 132 valence electrons. The molecule has 0 saturated heterocycles. The van der Waals surface area contributed by atoms with Crippen LogP contribution in [0.15, 0.2) is 0 Å². The van der Waals surface area contributed by atoms with E-state index in [0.29, 0.717) is 17.0 Å². The van der Waals surface area contributed by atoms with Crippen molar-refractivity contribution in [2.45, 2.75) is 64.3 Å². The first-order chi connectivity index (χ1) is 11.0. The fourth-order valence-corrected chi connectivity index (χ4v) is 4.75. The molecule has 6 nitrogen and oxygen atoms in total. The molecular formula is C17H24N2O4S. The lowest BCUT2D eigenvalue weighted by Gasteiger charge is -2.41. The van der Waals surface area contributed by atoms with Gasteiger partial charge in [0, 0.05) is 11.3 Å². The molecule has 7 heteroatoms. The summed E-state index contributed by atoms with van der Waals surface area (Å²) in [5.74, 6) is -1.02. The Morgan fingerprint density at radius 3 is 2.50 bits per heavy atom. The highest BCUT2D eigenvalue weighted by Gasteiger charge is 2.43. The Bertz CT molecular complexity index is 704. The quantitative estimate of drug-likeness (QED) is 0.772. The van der Waals surface area contributed by atoms with E-state index in [9.17, 15) is 14.7 Å². The number of nitrogens with two attached hydrogens (primary N) is 1. The van der Waals surface area contributed by atoms with Crippen LogP contribution in [-0.2, 0) is 21.6 Å². The van der Waals surface area contributed by atoms with E-state index in [1.807, 2.05) is 27.7 Å². The van der Waals surface area contributed by atoms with Crippen molar-refractivity contribution in [1.82, 2.24) is 0 Å². The highest BCUT2D eigenvalue weighted by Crippen LogP contribution is 2.48. The second-order valence-electron chi connectivity index (χ2n) is 7.80. The number of amides is 2. The van der Waals surface area contributed by atoms with E-state index in [1.54, 1.807) is 0 Å². The third-order valence-corrected chi connectivity index (χ3v) is 5.96. The van der Waals surface area contributed by atoms with Gasteiger partial charge in [-0.2, -0.15) is 0 Å². The third kappa shape index (κ3) is 3.08. The molecule has 0 aromatic carbocycles. The predicted molar refractivity (Wildman–Crippen MR) is 92.1 cm³/mol. The standard InChI is InChI=1S/C17H24N2O4S/c1-16(2)7-9-10(13(18)21)15(24-12(9)17(3,4)23-16)19-14(22)11(20)8-5-6-8/h8,11,20H,5-7H2,1-4H3,(H2,18,21)(H,19,22). The smallest absolute Gasteiger partial charge is 0.254 e. The molecule has 2 aliphatic rings. The molecule has 1 aliphatic heterocycles. The Hall–Kier alpha value is -1.44. The van der Waals surface area contributed by atoms with Gasteiger partial charge in [0.15, 0.2) is 0 Å². The zero-order chi connectivity index (χ0) is 17.9. The maximum atomic E-state index is 12.2.